The van der Waals surface area contributed by atoms with E-state index in [2.05, 4.69) is 25.9 Å². The van der Waals surface area contributed by atoms with Crippen molar-refractivity contribution >= 4 is 11.8 Å². The first-order valence-corrected chi connectivity index (χ1v) is 9.34. The van der Waals surface area contributed by atoms with Crippen LogP contribution in [0.5, 0.6) is 5.75 Å². The van der Waals surface area contributed by atoms with Crippen LogP contribution in [0, 0.1) is 0 Å². The Morgan fingerprint density at radius 1 is 1.03 bits per heavy atom. The van der Waals surface area contributed by atoms with Crippen molar-refractivity contribution in [1.82, 2.24) is 15.6 Å². The SMILES string of the molecule is CN=C(NCCCCNc1ccccn1)NCc1ccc(OCC(F)(F)F)cc1. The molecule has 0 spiro atoms. The first-order valence-electron chi connectivity index (χ1n) is 9.34. The molecule has 1 aromatic heterocycles. The zero-order valence-corrected chi connectivity index (χ0v) is 16.3. The van der Waals surface area contributed by atoms with Crippen LogP contribution in [0.25, 0.3) is 0 Å². The molecule has 0 unspecified atom stereocenters. The van der Waals surface area contributed by atoms with E-state index in [0.29, 0.717) is 12.5 Å². The number of halogens is 3. The molecule has 2 rings (SSSR count). The number of ether oxygens (including phenoxy) is 1. The van der Waals surface area contributed by atoms with E-state index < -0.39 is 12.8 Å². The van der Waals surface area contributed by atoms with Crippen molar-refractivity contribution in [2.75, 3.05) is 32.1 Å². The van der Waals surface area contributed by atoms with Gasteiger partial charge < -0.3 is 20.7 Å². The maximum absolute atomic E-state index is 12.2. The minimum Gasteiger partial charge on any atom is -0.484 e. The van der Waals surface area contributed by atoms with Crippen molar-refractivity contribution in [1.29, 1.82) is 0 Å². The number of nitrogens with zero attached hydrogens (tertiary/aromatic N) is 2. The zero-order valence-electron chi connectivity index (χ0n) is 16.3. The number of hydrogen-bond donors (Lipinski definition) is 3. The molecule has 0 aliphatic heterocycles. The molecule has 158 valence electrons. The standard InChI is InChI=1S/C20H26F3N5O/c1-24-19(27-13-5-4-12-26-18-6-2-3-11-25-18)28-14-16-7-9-17(10-8-16)29-15-20(21,22)23/h2-3,6-11H,4-5,12-15H2,1H3,(H,25,26)(H2,24,27,28). The molecule has 2 aromatic rings. The van der Waals surface area contributed by atoms with Crippen molar-refractivity contribution in [3.63, 3.8) is 0 Å². The van der Waals surface area contributed by atoms with Crippen LogP contribution >= 0.6 is 0 Å². The predicted octanol–water partition coefficient (Wildman–Crippen LogP) is 3.58. The van der Waals surface area contributed by atoms with Crippen LogP contribution in [0.15, 0.2) is 53.7 Å². The van der Waals surface area contributed by atoms with Crippen LogP contribution in [0.1, 0.15) is 18.4 Å². The number of alkyl halides is 3. The lowest BCUT2D eigenvalue weighted by Gasteiger charge is -2.13. The second-order valence-electron chi connectivity index (χ2n) is 6.25. The summed E-state index contributed by atoms with van der Waals surface area (Å²) in [5.74, 6) is 1.72. The number of nitrogens with one attached hydrogen (secondary N) is 3. The Kier molecular flexibility index (Phi) is 9.07. The average molecular weight is 409 g/mol. The van der Waals surface area contributed by atoms with E-state index in [4.69, 9.17) is 4.74 Å². The Balaban J connectivity index is 1.60. The van der Waals surface area contributed by atoms with Crippen LogP contribution in [0.4, 0.5) is 19.0 Å². The number of rotatable bonds is 10. The van der Waals surface area contributed by atoms with E-state index in [1.165, 1.54) is 12.1 Å². The number of benzene rings is 1. The highest BCUT2D eigenvalue weighted by Gasteiger charge is 2.28. The number of aromatic nitrogens is 1. The average Bonchev–Trinajstić information content (AvgIpc) is 2.72. The molecule has 0 saturated carbocycles. The predicted molar refractivity (Wildman–Crippen MR) is 108 cm³/mol. The van der Waals surface area contributed by atoms with E-state index in [-0.39, 0.29) is 5.75 Å². The van der Waals surface area contributed by atoms with Gasteiger partial charge in [-0.25, -0.2) is 4.98 Å². The van der Waals surface area contributed by atoms with E-state index in [9.17, 15) is 13.2 Å². The third kappa shape index (κ3) is 9.68. The highest BCUT2D eigenvalue weighted by molar-refractivity contribution is 5.79. The van der Waals surface area contributed by atoms with Gasteiger partial charge in [-0.2, -0.15) is 13.2 Å². The first kappa shape index (κ1) is 22.3. The number of guanidine groups is 1. The molecule has 0 saturated heterocycles. The molecule has 1 aromatic carbocycles. The molecule has 0 fully saturated rings. The maximum atomic E-state index is 12.2. The van der Waals surface area contributed by atoms with Crippen molar-refractivity contribution in [3.05, 3.63) is 54.2 Å². The Bertz CT molecular complexity index is 736. The van der Waals surface area contributed by atoms with E-state index in [1.54, 1.807) is 25.4 Å². The molecular weight excluding hydrogens is 383 g/mol. The van der Waals surface area contributed by atoms with Gasteiger partial charge in [-0.1, -0.05) is 18.2 Å². The minimum atomic E-state index is -4.34. The fraction of sp³-hybridized carbons (Fsp3) is 0.400. The monoisotopic (exact) mass is 409 g/mol. The largest absolute Gasteiger partial charge is 0.484 e. The second kappa shape index (κ2) is 11.8. The second-order valence-corrected chi connectivity index (χ2v) is 6.25. The Labute approximate surface area is 168 Å². The van der Waals surface area contributed by atoms with Gasteiger partial charge in [-0.3, -0.25) is 4.99 Å². The molecule has 1 heterocycles. The molecule has 0 aliphatic rings. The minimum absolute atomic E-state index is 0.188. The molecule has 0 aliphatic carbocycles. The van der Waals surface area contributed by atoms with Crippen LogP contribution in [0.3, 0.4) is 0 Å². The molecular formula is C20H26F3N5O. The first-order chi connectivity index (χ1) is 14.0. The molecule has 0 bridgehead atoms. The summed E-state index contributed by atoms with van der Waals surface area (Å²) in [6.07, 6.45) is -0.638. The summed E-state index contributed by atoms with van der Waals surface area (Å²) in [7, 11) is 1.69. The van der Waals surface area contributed by atoms with E-state index in [1.807, 2.05) is 18.2 Å². The van der Waals surface area contributed by atoms with Crippen LogP contribution in [-0.2, 0) is 6.54 Å². The smallest absolute Gasteiger partial charge is 0.422 e. The Morgan fingerprint density at radius 2 is 1.79 bits per heavy atom. The highest BCUT2D eigenvalue weighted by Crippen LogP contribution is 2.18. The molecule has 3 N–H and O–H groups in total. The summed E-state index contributed by atoms with van der Waals surface area (Å²) in [5.41, 5.74) is 0.909. The van der Waals surface area contributed by atoms with Gasteiger partial charge in [0.2, 0.25) is 0 Å². The van der Waals surface area contributed by atoms with Gasteiger partial charge in [0.05, 0.1) is 0 Å². The summed E-state index contributed by atoms with van der Waals surface area (Å²) >= 11 is 0. The number of unbranched alkanes of at least 4 members (excludes halogenated alkanes) is 1. The topological polar surface area (TPSA) is 70.6 Å². The number of pyridine rings is 1. The lowest BCUT2D eigenvalue weighted by molar-refractivity contribution is -0.153. The molecule has 0 radical (unpaired) electrons. The van der Waals surface area contributed by atoms with Gasteiger partial charge in [0.1, 0.15) is 11.6 Å². The number of hydrogen-bond acceptors (Lipinski definition) is 4. The normalized spacial score (nSPS) is 11.8. The lowest BCUT2D eigenvalue weighted by Crippen LogP contribution is -2.37. The van der Waals surface area contributed by atoms with Gasteiger partial charge in [-0.15, -0.1) is 0 Å². The van der Waals surface area contributed by atoms with Crippen LogP contribution in [-0.4, -0.2) is 43.9 Å². The van der Waals surface area contributed by atoms with Crippen LogP contribution in [0.2, 0.25) is 0 Å². The van der Waals surface area contributed by atoms with Gasteiger partial charge >= 0.3 is 6.18 Å². The van der Waals surface area contributed by atoms with Crippen molar-refractivity contribution in [2.24, 2.45) is 4.99 Å². The molecule has 6 nitrogen and oxygen atoms in total. The Morgan fingerprint density at radius 3 is 2.45 bits per heavy atom. The molecule has 9 heteroatoms. The van der Waals surface area contributed by atoms with Gasteiger partial charge in [0.25, 0.3) is 0 Å². The Hall–Kier alpha value is -2.97. The van der Waals surface area contributed by atoms with Gasteiger partial charge in [-0.05, 0) is 42.7 Å². The molecule has 29 heavy (non-hydrogen) atoms. The van der Waals surface area contributed by atoms with Crippen molar-refractivity contribution < 1.29 is 17.9 Å². The zero-order chi connectivity index (χ0) is 21.0. The highest BCUT2D eigenvalue weighted by atomic mass is 19.4. The van der Waals surface area contributed by atoms with E-state index >= 15 is 0 Å². The number of anilines is 1. The molecule has 0 amide bonds. The lowest BCUT2D eigenvalue weighted by atomic mass is 10.2. The summed E-state index contributed by atoms with van der Waals surface area (Å²) < 4.78 is 41.2. The fourth-order valence-electron chi connectivity index (χ4n) is 2.42. The summed E-state index contributed by atoms with van der Waals surface area (Å²) in [6.45, 7) is 0.820. The number of aliphatic imine (C=N–C) groups is 1. The molecule has 0 atom stereocenters. The van der Waals surface area contributed by atoms with Crippen molar-refractivity contribution in [2.45, 2.75) is 25.6 Å². The van der Waals surface area contributed by atoms with E-state index in [0.717, 1.165) is 37.3 Å². The summed E-state index contributed by atoms with van der Waals surface area (Å²) in [4.78, 5) is 8.37. The maximum Gasteiger partial charge on any atom is 0.422 e. The third-order valence-electron chi connectivity index (χ3n) is 3.88. The van der Waals surface area contributed by atoms with Crippen LogP contribution < -0.4 is 20.7 Å². The summed E-state index contributed by atoms with van der Waals surface area (Å²) in [5, 5.41) is 9.66. The third-order valence-corrected chi connectivity index (χ3v) is 3.88. The van der Waals surface area contributed by atoms with Gasteiger partial charge in [0.15, 0.2) is 12.6 Å². The van der Waals surface area contributed by atoms with Crippen molar-refractivity contribution in [3.8, 4) is 5.75 Å². The quantitative estimate of drug-likeness (QED) is 0.318. The summed E-state index contributed by atoms with van der Waals surface area (Å²) in [6, 6.07) is 12.2. The fourth-order valence-corrected chi connectivity index (χ4v) is 2.42. The van der Waals surface area contributed by atoms with Gasteiger partial charge in [0, 0.05) is 32.9 Å².